The molecule has 11 heteroatoms. The third-order valence-electron chi connectivity index (χ3n) is 12.4. The van der Waals surface area contributed by atoms with Gasteiger partial charge < -0.3 is 19.4 Å². The van der Waals surface area contributed by atoms with Gasteiger partial charge in [0, 0.05) is 11.6 Å². The number of nitrogens with one attached hydrogen (secondary N) is 2. The van der Waals surface area contributed by atoms with E-state index in [1.807, 2.05) is 58.8 Å². The fraction of sp³-hybridized carbons (Fsp3) is 0.444. The van der Waals surface area contributed by atoms with Gasteiger partial charge in [-0.1, -0.05) is 60.3 Å². The van der Waals surface area contributed by atoms with E-state index in [1.165, 1.54) is 0 Å². The van der Waals surface area contributed by atoms with E-state index in [2.05, 4.69) is 89.3 Å². The van der Waals surface area contributed by atoms with Crippen LogP contribution in [-0.2, 0) is 9.47 Å². The molecule has 2 amide bonds. The highest BCUT2D eigenvalue weighted by atomic mass is 16.6. The first kappa shape index (κ1) is 36.0. The summed E-state index contributed by atoms with van der Waals surface area (Å²) in [5.41, 5.74) is 3.94. The second-order valence-corrected chi connectivity index (χ2v) is 19.0. The van der Waals surface area contributed by atoms with Gasteiger partial charge >= 0.3 is 17.8 Å². The number of fused-ring (bicyclic) bond motifs is 3. The number of aromatic amines is 2. The number of aromatic nitrogens is 4. The van der Waals surface area contributed by atoms with E-state index in [-0.39, 0.29) is 35.0 Å². The predicted molar refractivity (Wildman–Crippen MR) is 216 cm³/mol. The lowest BCUT2D eigenvalue weighted by atomic mass is 9.98. The average molecular weight is 753 g/mol. The van der Waals surface area contributed by atoms with Crippen LogP contribution in [0.3, 0.4) is 0 Å². The number of amides is 2. The number of hydrogen-bond donors (Lipinski definition) is 2. The van der Waals surface area contributed by atoms with Crippen molar-refractivity contribution in [2.24, 2.45) is 10.8 Å². The molecule has 2 aliphatic heterocycles. The molecule has 0 bridgehead atoms. The van der Waals surface area contributed by atoms with Gasteiger partial charge in [0.25, 0.3) is 6.57 Å². The van der Waals surface area contributed by atoms with Crippen LogP contribution in [0, 0.1) is 17.4 Å². The first-order valence-electron chi connectivity index (χ1n) is 19.6. The van der Waals surface area contributed by atoms with Crippen LogP contribution in [0.4, 0.5) is 9.59 Å². The Hall–Kier alpha value is -5.63. The molecule has 0 radical (unpaired) electrons. The first-order chi connectivity index (χ1) is 26.4. The second kappa shape index (κ2) is 11.9. The van der Waals surface area contributed by atoms with Gasteiger partial charge in [0.2, 0.25) is 0 Å². The van der Waals surface area contributed by atoms with Crippen molar-refractivity contribution in [2.75, 3.05) is 0 Å². The minimum atomic E-state index is -0.778. The van der Waals surface area contributed by atoms with E-state index in [1.54, 1.807) is 4.90 Å². The van der Waals surface area contributed by atoms with Crippen LogP contribution in [-0.4, -0.2) is 64.8 Å². The van der Waals surface area contributed by atoms with E-state index in [9.17, 15) is 9.59 Å². The van der Waals surface area contributed by atoms with E-state index < -0.39 is 23.0 Å². The smallest absolute Gasteiger partial charge is 0.417 e. The van der Waals surface area contributed by atoms with Gasteiger partial charge in [-0.25, -0.2) is 24.5 Å². The monoisotopic (exact) mass is 752 g/mol. The molecule has 5 aromatic rings. The number of rotatable bonds is 5. The van der Waals surface area contributed by atoms with Gasteiger partial charge in [-0.05, 0) is 113 Å². The van der Waals surface area contributed by atoms with Gasteiger partial charge in [0.15, 0.2) is 0 Å². The Balaban J connectivity index is 0.907. The molecule has 4 aliphatic rings. The highest BCUT2D eigenvalue weighted by Gasteiger charge is 2.86. The molecule has 6 atom stereocenters. The molecule has 9 rings (SSSR count). The summed E-state index contributed by atoms with van der Waals surface area (Å²) >= 11 is 0. The van der Waals surface area contributed by atoms with Crippen molar-refractivity contribution in [3.63, 3.8) is 0 Å². The molecule has 2 saturated heterocycles. The van der Waals surface area contributed by atoms with Gasteiger partial charge in [0.05, 0.1) is 41.7 Å². The molecule has 3 aromatic carbocycles. The maximum atomic E-state index is 13.5. The number of H-pyrrole nitrogens is 2. The van der Waals surface area contributed by atoms with Crippen molar-refractivity contribution in [3.05, 3.63) is 89.6 Å². The van der Waals surface area contributed by atoms with E-state index >= 15 is 0 Å². The summed E-state index contributed by atoms with van der Waals surface area (Å²) in [6.45, 7) is 21.6. The van der Waals surface area contributed by atoms with Crippen molar-refractivity contribution in [2.45, 2.75) is 116 Å². The van der Waals surface area contributed by atoms with E-state index in [4.69, 9.17) is 26.0 Å². The summed E-state index contributed by atoms with van der Waals surface area (Å²) < 4.78 is 11.6. The number of piperidine rings is 2. The van der Waals surface area contributed by atoms with Gasteiger partial charge in [-0.2, -0.15) is 0 Å². The van der Waals surface area contributed by atoms with Crippen molar-refractivity contribution in [1.82, 2.24) is 29.7 Å². The number of ether oxygens (including phenoxy) is 2. The lowest BCUT2D eigenvalue weighted by molar-refractivity contribution is 0.0109. The molecule has 2 aliphatic carbocycles. The fourth-order valence-electron chi connectivity index (χ4n) is 9.29. The molecule has 2 N–H and O–H groups in total. The van der Waals surface area contributed by atoms with Crippen LogP contribution in [0.15, 0.2) is 73.1 Å². The summed E-state index contributed by atoms with van der Waals surface area (Å²) in [5, 5.41) is 2.25. The topological polar surface area (TPSA) is 121 Å². The van der Waals surface area contributed by atoms with Gasteiger partial charge in [0.1, 0.15) is 28.9 Å². The van der Waals surface area contributed by atoms with Crippen molar-refractivity contribution in [3.8, 4) is 40.2 Å². The highest BCUT2D eigenvalue weighted by Crippen LogP contribution is 2.72. The van der Waals surface area contributed by atoms with Gasteiger partial charge in [-0.3, -0.25) is 4.90 Å². The third-order valence-corrected chi connectivity index (χ3v) is 12.4. The molecular formula is C45H50N7O4+. The summed E-state index contributed by atoms with van der Waals surface area (Å²) in [5.74, 6) is 1.49. The van der Waals surface area contributed by atoms with Crippen LogP contribution in [0.25, 0.3) is 49.3 Å². The normalized spacial score (nSPS) is 27.8. The lowest BCUT2D eigenvalue weighted by Gasteiger charge is -2.29. The van der Waals surface area contributed by atoms with Crippen LogP contribution >= 0.6 is 0 Å². The molecule has 56 heavy (non-hydrogen) atoms. The second-order valence-electron chi connectivity index (χ2n) is 19.0. The van der Waals surface area contributed by atoms with Gasteiger partial charge in [-0.15, -0.1) is 0 Å². The van der Waals surface area contributed by atoms with E-state index in [0.717, 1.165) is 63.1 Å². The van der Waals surface area contributed by atoms with Crippen LogP contribution in [0.1, 0.15) is 105 Å². The standard InChI is InChI=1S/C45H50N7O4/c1-41(2,3)55-39(53)51-34(20-43(7)22-36(43)51)37-47-24-33(50-37)31-17-16-29-18-28(14-15-30(29)19-31)26-10-12-27(13-11-26)32-23-48-38(49-32)35-21-44(8)25-45(44,46-9)52(35)40(54)56-42(4,5)6/h9-19,23-24,34-36H,20-22,25H2,1-8H3,(H,47,50)(H,48,49)/q+1/t34-,35-,36-,43+,44+,45-/m0/s1. The van der Waals surface area contributed by atoms with E-state index in [0.29, 0.717) is 18.7 Å². The zero-order valence-electron chi connectivity index (χ0n) is 33.4. The Morgan fingerprint density at radius 3 is 1.89 bits per heavy atom. The zero-order chi connectivity index (χ0) is 39.6. The molecular weight excluding hydrogens is 703 g/mol. The Labute approximate surface area is 327 Å². The number of benzene rings is 3. The molecule has 4 fully saturated rings. The third kappa shape index (κ3) is 5.92. The Bertz CT molecular complexity index is 2450. The summed E-state index contributed by atoms with van der Waals surface area (Å²) in [6, 6.07) is 21.1. The SMILES string of the molecule is C#[N+][C@]12C[C@@]1(C)C[C@@H](c1ncc(-c3ccc(-c4ccc5cc(-c6cnc([C@@H]7C[C@]8(C)C[C@@H]8N7C(=O)OC(C)(C)C)[nH]6)ccc5c4)cc3)[nH]1)N2C(=O)OC(C)(C)C. The number of likely N-dealkylation sites (tertiary alicyclic amines) is 2. The summed E-state index contributed by atoms with van der Waals surface area (Å²) in [6.07, 6.45) is 6.27. The molecule has 0 spiro atoms. The molecule has 4 heterocycles. The number of imidazole rings is 2. The Morgan fingerprint density at radius 2 is 1.27 bits per heavy atom. The minimum absolute atomic E-state index is 0.116. The molecule has 11 nitrogen and oxygen atoms in total. The largest absolute Gasteiger partial charge is 0.444 e. The number of nitrogens with zero attached hydrogens (tertiary/aromatic N) is 5. The molecule has 288 valence electrons. The Kier molecular flexibility index (Phi) is 7.68. The van der Waals surface area contributed by atoms with Crippen molar-refractivity contribution < 1.29 is 19.1 Å². The average Bonchev–Trinajstić information content (AvgIpc) is 3.57. The lowest BCUT2D eigenvalue weighted by Crippen LogP contribution is -2.43. The van der Waals surface area contributed by atoms with Crippen LogP contribution < -0.4 is 0 Å². The maximum absolute atomic E-state index is 13.5. The minimum Gasteiger partial charge on any atom is -0.444 e. The quantitative estimate of drug-likeness (QED) is 0.184. The van der Waals surface area contributed by atoms with Crippen LogP contribution in [0.2, 0.25) is 0 Å². The van der Waals surface area contributed by atoms with Crippen molar-refractivity contribution in [1.29, 1.82) is 0 Å². The predicted octanol–water partition coefficient (Wildman–Crippen LogP) is 10.5. The highest BCUT2D eigenvalue weighted by molar-refractivity contribution is 5.90. The zero-order valence-corrected chi connectivity index (χ0v) is 33.4. The first-order valence-corrected chi connectivity index (χ1v) is 19.6. The molecule has 2 aromatic heterocycles. The van der Waals surface area contributed by atoms with Crippen molar-refractivity contribution >= 4 is 23.0 Å². The van der Waals surface area contributed by atoms with Crippen LogP contribution in [0.5, 0.6) is 0 Å². The number of hydrogen-bond acceptors (Lipinski definition) is 6. The summed E-state index contributed by atoms with van der Waals surface area (Å²) in [4.78, 5) is 51.0. The number of carbonyl (C=O) groups excluding carboxylic acids is 2. The molecule has 2 saturated carbocycles. The maximum Gasteiger partial charge on any atom is 0.417 e. The molecule has 0 unspecified atom stereocenters. The number of carbonyl (C=O) groups is 2. The Morgan fingerprint density at radius 1 is 0.732 bits per heavy atom. The fourth-order valence-corrected chi connectivity index (χ4v) is 9.29. The summed E-state index contributed by atoms with van der Waals surface area (Å²) in [7, 11) is 0.